The van der Waals surface area contributed by atoms with E-state index >= 15 is 0 Å². The van der Waals surface area contributed by atoms with Crippen LogP contribution in [0.4, 0.5) is 0 Å². The second-order valence-corrected chi connectivity index (χ2v) is 5.76. The molecular weight excluding hydrogens is 204 g/mol. The smallest absolute Gasteiger partial charge is 0.161 e. The van der Waals surface area contributed by atoms with E-state index in [1.54, 1.807) is 0 Å². The molecule has 3 nitrogen and oxygen atoms in total. The normalized spacial score (nSPS) is 23.4. The SMILES string of the molecule is CC(C)(C)C(O)C(=O)CCCC1CCCO1. The molecule has 1 N–H and O–H groups in total. The molecule has 16 heavy (non-hydrogen) atoms. The lowest BCUT2D eigenvalue weighted by molar-refractivity contribution is -0.132. The van der Waals surface area contributed by atoms with Crippen LogP contribution in [0.15, 0.2) is 0 Å². The molecule has 1 aliphatic rings. The third-order valence-electron chi connectivity index (χ3n) is 3.10. The highest BCUT2D eigenvalue weighted by Gasteiger charge is 2.28. The number of aliphatic hydroxyl groups excluding tert-OH is 1. The maximum atomic E-state index is 11.7. The van der Waals surface area contributed by atoms with Gasteiger partial charge in [0.15, 0.2) is 5.78 Å². The first-order valence-electron chi connectivity index (χ1n) is 6.23. The minimum absolute atomic E-state index is 0.0366. The van der Waals surface area contributed by atoms with Crippen LogP contribution in [0.5, 0.6) is 0 Å². The van der Waals surface area contributed by atoms with Gasteiger partial charge in [-0.05, 0) is 31.1 Å². The van der Waals surface area contributed by atoms with Crippen molar-refractivity contribution in [2.24, 2.45) is 5.41 Å². The molecule has 1 heterocycles. The topological polar surface area (TPSA) is 46.5 Å². The molecule has 0 spiro atoms. The lowest BCUT2D eigenvalue weighted by atomic mass is 9.85. The van der Waals surface area contributed by atoms with Crippen molar-refractivity contribution in [3.63, 3.8) is 0 Å². The van der Waals surface area contributed by atoms with Gasteiger partial charge in [-0.1, -0.05) is 20.8 Å². The molecule has 94 valence electrons. The third kappa shape index (κ3) is 4.22. The standard InChI is InChI=1S/C13H24O3/c1-13(2,3)12(15)11(14)8-4-6-10-7-5-9-16-10/h10,12,15H,4-9H2,1-3H3. The van der Waals surface area contributed by atoms with Crippen molar-refractivity contribution in [3.8, 4) is 0 Å². The van der Waals surface area contributed by atoms with E-state index in [0.717, 1.165) is 32.3 Å². The van der Waals surface area contributed by atoms with Crippen molar-refractivity contribution in [1.29, 1.82) is 0 Å². The van der Waals surface area contributed by atoms with Crippen molar-refractivity contribution in [2.75, 3.05) is 6.61 Å². The lowest BCUT2D eigenvalue weighted by Crippen LogP contribution is -2.34. The molecule has 0 radical (unpaired) electrons. The minimum atomic E-state index is -0.836. The van der Waals surface area contributed by atoms with Crippen LogP contribution in [0.1, 0.15) is 52.9 Å². The highest BCUT2D eigenvalue weighted by molar-refractivity contribution is 5.83. The first-order valence-corrected chi connectivity index (χ1v) is 6.23. The number of ketones is 1. The number of carbonyl (C=O) groups is 1. The highest BCUT2D eigenvalue weighted by atomic mass is 16.5. The lowest BCUT2D eigenvalue weighted by Gasteiger charge is -2.24. The molecule has 3 heteroatoms. The maximum absolute atomic E-state index is 11.7. The monoisotopic (exact) mass is 228 g/mol. The molecule has 1 saturated heterocycles. The molecule has 0 amide bonds. The van der Waals surface area contributed by atoms with Crippen molar-refractivity contribution < 1.29 is 14.6 Å². The van der Waals surface area contributed by atoms with Crippen LogP contribution >= 0.6 is 0 Å². The van der Waals surface area contributed by atoms with Crippen molar-refractivity contribution in [2.45, 2.75) is 65.1 Å². The van der Waals surface area contributed by atoms with E-state index in [9.17, 15) is 9.90 Å². The number of hydrogen-bond acceptors (Lipinski definition) is 3. The van der Waals surface area contributed by atoms with Crippen LogP contribution < -0.4 is 0 Å². The van der Waals surface area contributed by atoms with Gasteiger partial charge >= 0.3 is 0 Å². The quantitative estimate of drug-likeness (QED) is 0.785. The van der Waals surface area contributed by atoms with Gasteiger partial charge in [0, 0.05) is 13.0 Å². The molecule has 0 bridgehead atoms. The molecule has 0 aliphatic carbocycles. The number of rotatable bonds is 5. The van der Waals surface area contributed by atoms with Crippen LogP contribution in [0.25, 0.3) is 0 Å². The van der Waals surface area contributed by atoms with E-state index in [-0.39, 0.29) is 11.2 Å². The Labute approximate surface area is 98.2 Å². The van der Waals surface area contributed by atoms with Gasteiger partial charge in [0.05, 0.1) is 6.10 Å². The fraction of sp³-hybridized carbons (Fsp3) is 0.923. The third-order valence-corrected chi connectivity index (χ3v) is 3.10. The molecular formula is C13H24O3. The van der Waals surface area contributed by atoms with Gasteiger partial charge in [-0.2, -0.15) is 0 Å². The molecule has 0 aromatic carbocycles. The number of aliphatic hydroxyl groups is 1. The summed E-state index contributed by atoms with van der Waals surface area (Å²) in [5, 5.41) is 9.77. The average molecular weight is 228 g/mol. The summed E-state index contributed by atoms with van der Waals surface area (Å²) in [7, 11) is 0. The molecule has 1 aliphatic heterocycles. The zero-order valence-electron chi connectivity index (χ0n) is 10.7. The Kier molecular flexibility index (Phi) is 4.93. The Morgan fingerprint density at radius 1 is 1.50 bits per heavy atom. The van der Waals surface area contributed by atoms with Gasteiger partial charge < -0.3 is 9.84 Å². The van der Waals surface area contributed by atoms with Crippen LogP contribution in [0.3, 0.4) is 0 Å². The molecule has 1 rings (SSSR count). The van der Waals surface area contributed by atoms with Gasteiger partial charge in [0.25, 0.3) is 0 Å². The van der Waals surface area contributed by atoms with E-state index in [1.807, 2.05) is 20.8 Å². The van der Waals surface area contributed by atoms with Crippen LogP contribution in [0, 0.1) is 5.41 Å². The van der Waals surface area contributed by atoms with E-state index in [2.05, 4.69) is 0 Å². The van der Waals surface area contributed by atoms with Gasteiger partial charge in [-0.25, -0.2) is 0 Å². The molecule has 0 aromatic rings. The van der Waals surface area contributed by atoms with Gasteiger partial charge in [0.2, 0.25) is 0 Å². The molecule has 0 aromatic heterocycles. The summed E-state index contributed by atoms with van der Waals surface area (Å²) in [6.07, 6.45) is 4.02. The number of ether oxygens (including phenoxy) is 1. The zero-order chi connectivity index (χ0) is 12.2. The highest BCUT2D eigenvalue weighted by Crippen LogP contribution is 2.22. The van der Waals surface area contributed by atoms with Gasteiger partial charge in [-0.3, -0.25) is 4.79 Å². The summed E-state index contributed by atoms with van der Waals surface area (Å²) >= 11 is 0. The largest absolute Gasteiger partial charge is 0.385 e. The minimum Gasteiger partial charge on any atom is -0.385 e. The Bertz CT molecular complexity index is 224. The summed E-state index contributed by atoms with van der Waals surface area (Å²) in [4.78, 5) is 11.7. The molecule has 2 unspecified atom stereocenters. The van der Waals surface area contributed by atoms with Crippen molar-refractivity contribution >= 4 is 5.78 Å². The van der Waals surface area contributed by atoms with Crippen LogP contribution in [0.2, 0.25) is 0 Å². The predicted octanol–water partition coefficient (Wildman–Crippen LogP) is 2.31. The first kappa shape index (κ1) is 13.7. The number of hydrogen-bond donors (Lipinski definition) is 1. The fourth-order valence-corrected chi connectivity index (χ4v) is 2.00. The van der Waals surface area contributed by atoms with Gasteiger partial charge in [0.1, 0.15) is 6.10 Å². The maximum Gasteiger partial charge on any atom is 0.161 e. The van der Waals surface area contributed by atoms with Crippen LogP contribution in [-0.4, -0.2) is 29.7 Å². The molecule has 0 saturated carbocycles. The van der Waals surface area contributed by atoms with E-state index in [1.165, 1.54) is 0 Å². The average Bonchev–Trinajstić information content (AvgIpc) is 2.67. The number of Topliss-reactive ketones (excluding diaryl/α,β-unsaturated/α-hetero) is 1. The fourth-order valence-electron chi connectivity index (χ4n) is 2.00. The Hall–Kier alpha value is -0.410. The molecule has 2 atom stereocenters. The van der Waals surface area contributed by atoms with Crippen LogP contribution in [-0.2, 0) is 9.53 Å². The van der Waals surface area contributed by atoms with Gasteiger partial charge in [-0.15, -0.1) is 0 Å². The summed E-state index contributed by atoms with van der Waals surface area (Å²) in [6, 6.07) is 0. The van der Waals surface area contributed by atoms with Crippen molar-refractivity contribution in [1.82, 2.24) is 0 Å². The summed E-state index contributed by atoms with van der Waals surface area (Å²) in [5.74, 6) is -0.0366. The second kappa shape index (κ2) is 5.78. The Morgan fingerprint density at radius 3 is 2.69 bits per heavy atom. The first-order chi connectivity index (χ1) is 7.41. The van der Waals surface area contributed by atoms with Crippen molar-refractivity contribution in [3.05, 3.63) is 0 Å². The molecule has 1 fully saturated rings. The zero-order valence-corrected chi connectivity index (χ0v) is 10.7. The summed E-state index contributed by atoms with van der Waals surface area (Å²) in [5.41, 5.74) is -0.346. The summed E-state index contributed by atoms with van der Waals surface area (Å²) in [6.45, 7) is 6.52. The van der Waals surface area contributed by atoms with E-state index in [4.69, 9.17) is 4.74 Å². The van der Waals surface area contributed by atoms with E-state index in [0.29, 0.717) is 12.5 Å². The second-order valence-electron chi connectivity index (χ2n) is 5.76. The Morgan fingerprint density at radius 2 is 2.19 bits per heavy atom. The number of carbonyl (C=O) groups excluding carboxylic acids is 1. The Balaban J connectivity index is 2.19. The van der Waals surface area contributed by atoms with E-state index < -0.39 is 6.10 Å². The predicted molar refractivity (Wildman–Crippen MR) is 63.3 cm³/mol. The summed E-state index contributed by atoms with van der Waals surface area (Å²) < 4.78 is 5.49.